The largest absolute Gasteiger partial charge is 0.396 e. The third kappa shape index (κ3) is 4.59. The van der Waals surface area contributed by atoms with Crippen molar-refractivity contribution in [3.05, 3.63) is 24.0 Å². The third-order valence-electron chi connectivity index (χ3n) is 6.92. The zero-order valence-corrected chi connectivity index (χ0v) is 19.4. The second-order valence-corrected chi connectivity index (χ2v) is 11.6. The maximum absolute atomic E-state index is 12.7. The van der Waals surface area contributed by atoms with E-state index in [1.165, 1.54) is 11.8 Å². The number of aliphatic hydroxyl groups is 4. The van der Waals surface area contributed by atoms with Crippen LogP contribution in [0.15, 0.2) is 18.3 Å². The molecule has 7 atom stereocenters. The van der Waals surface area contributed by atoms with Crippen molar-refractivity contribution in [1.29, 1.82) is 0 Å². The Morgan fingerprint density at radius 3 is 2.58 bits per heavy atom. The van der Waals surface area contributed by atoms with E-state index in [4.69, 9.17) is 10.5 Å². The van der Waals surface area contributed by atoms with Crippen molar-refractivity contribution in [2.75, 3.05) is 12.4 Å². The van der Waals surface area contributed by atoms with E-state index >= 15 is 0 Å². The first-order chi connectivity index (χ1) is 14.3. The van der Waals surface area contributed by atoms with E-state index in [0.717, 1.165) is 12.8 Å². The van der Waals surface area contributed by atoms with Crippen LogP contribution in [0.3, 0.4) is 0 Å². The molecule has 0 spiro atoms. The second-order valence-electron chi connectivity index (χ2n) is 10.4. The summed E-state index contributed by atoms with van der Waals surface area (Å²) in [5.74, 6) is -2.59. The summed E-state index contributed by atoms with van der Waals surface area (Å²) < 4.78 is 5.59. The van der Waals surface area contributed by atoms with Crippen LogP contribution < -0.4 is 5.73 Å². The van der Waals surface area contributed by atoms with Crippen LogP contribution in [0.2, 0.25) is 0 Å². The molecule has 7 unspecified atom stereocenters. The number of aromatic amines is 1. The number of rotatable bonds is 10. The molecule has 1 aliphatic carbocycles. The van der Waals surface area contributed by atoms with E-state index in [0.29, 0.717) is 11.4 Å². The molecular weight excluding hydrogens is 420 g/mol. The van der Waals surface area contributed by atoms with Gasteiger partial charge in [0.15, 0.2) is 11.6 Å². The molecule has 176 valence electrons. The fraction of sp³-hybridized carbons (Fsp3) is 0.773. The number of hydrogen-bond donors (Lipinski definition) is 6. The molecule has 2 fully saturated rings. The third-order valence-corrected chi connectivity index (χ3v) is 8.07. The van der Waals surface area contributed by atoms with Gasteiger partial charge in [-0.2, -0.15) is 0 Å². The van der Waals surface area contributed by atoms with Gasteiger partial charge in [0, 0.05) is 6.20 Å². The van der Waals surface area contributed by atoms with Crippen LogP contribution in [0, 0.1) is 22.7 Å². The van der Waals surface area contributed by atoms with Crippen molar-refractivity contribution in [1.82, 2.24) is 4.98 Å². The van der Waals surface area contributed by atoms with Gasteiger partial charge in [-0.1, -0.05) is 27.7 Å². The number of nitrogens with two attached hydrogens (primary N) is 1. The summed E-state index contributed by atoms with van der Waals surface area (Å²) in [7, 11) is 0. The average Bonchev–Trinajstić information content (AvgIpc) is 3.23. The first-order valence-corrected chi connectivity index (χ1v) is 11.8. The fourth-order valence-corrected chi connectivity index (χ4v) is 6.85. The molecule has 0 radical (unpaired) electrons. The Morgan fingerprint density at radius 1 is 1.32 bits per heavy atom. The minimum absolute atomic E-state index is 0.102. The van der Waals surface area contributed by atoms with Crippen LogP contribution in [0.25, 0.3) is 0 Å². The van der Waals surface area contributed by atoms with Crippen molar-refractivity contribution < 1.29 is 30.0 Å². The molecule has 2 heterocycles. The molecule has 1 saturated carbocycles. The highest BCUT2D eigenvalue weighted by molar-refractivity contribution is 7.99. The first kappa shape index (κ1) is 24.7. The Morgan fingerprint density at radius 2 is 2.00 bits per heavy atom. The Hall–Kier alpha value is -0.940. The molecular formula is C22H36N2O6S. The number of H-pyrrole nitrogens is 1. The van der Waals surface area contributed by atoms with Crippen LogP contribution in [-0.2, 0) is 4.74 Å². The summed E-state index contributed by atoms with van der Waals surface area (Å²) in [6.45, 7) is 7.83. The number of ketones is 1. The summed E-state index contributed by atoms with van der Waals surface area (Å²) in [6, 6.07) is 2.88. The molecule has 1 aromatic rings. The van der Waals surface area contributed by atoms with Crippen LogP contribution in [0.5, 0.6) is 0 Å². The normalized spacial score (nSPS) is 34.3. The number of nitrogens with one attached hydrogen (secondary N) is 1. The highest BCUT2D eigenvalue weighted by Gasteiger charge is 2.70. The number of carbonyl (C=O) groups excluding carboxylic acids is 1. The van der Waals surface area contributed by atoms with Gasteiger partial charge in [0.05, 0.1) is 42.4 Å². The van der Waals surface area contributed by atoms with Gasteiger partial charge in [0.25, 0.3) is 0 Å². The number of thioether (sulfide) groups is 1. The summed E-state index contributed by atoms with van der Waals surface area (Å²) in [4.78, 5) is 15.6. The molecule has 1 aliphatic heterocycles. The number of aliphatic hydroxyl groups excluding tert-OH is 3. The first-order valence-electron chi connectivity index (χ1n) is 10.8. The lowest BCUT2D eigenvalue weighted by Crippen LogP contribution is -2.61. The number of Topliss-reactive ketones (excluding diaryl/α,β-unsaturated/α-hetero) is 1. The van der Waals surface area contributed by atoms with Gasteiger partial charge in [-0.25, -0.2) is 0 Å². The van der Waals surface area contributed by atoms with Crippen LogP contribution >= 0.6 is 11.8 Å². The molecule has 7 N–H and O–H groups in total. The topological polar surface area (TPSA) is 149 Å². The number of hydrogen-bond acceptors (Lipinski definition) is 8. The molecule has 0 bridgehead atoms. The van der Waals surface area contributed by atoms with Crippen molar-refractivity contribution in [3.63, 3.8) is 0 Å². The molecule has 1 aromatic heterocycles. The molecule has 8 nitrogen and oxygen atoms in total. The van der Waals surface area contributed by atoms with Crippen molar-refractivity contribution in [3.8, 4) is 0 Å². The highest BCUT2D eigenvalue weighted by Crippen LogP contribution is 2.56. The summed E-state index contributed by atoms with van der Waals surface area (Å²) in [5, 5.41) is 40.3. The molecule has 3 rings (SSSR count). The summed E-state index contributed by atoms with van der Waals surface area (Å²) >= 11 is 1.48. The number of carbonyl (C=O) groups is 1. The highest BCUT2D eigenvalue weighted by atomic mass is 32.2. The Balaban J connectivity index is 1.52. The predicted octanol–water partition coefficient (Wildman–Crippen LogP) is 1.10. The van der Waals surface area contributed by atoms with Gasteiger partial charge in [-0.15, -0.1) is 11.8 Å². The molecule has 2 aliphatic rings. The summed E-state index contributed by atoms with van der Waals surface area (Å²) in [5.41, 5.74) is 5.89. The standard InChI is InChI=1S/C22H36N2O6S/c1-20(2,11-21(3,4)18(23)16(27)13-6-5-8-24-13)7-9-31-19-14-17(28)15(26)12(10-25)22(14,29)30-19/h5-6,8,12,14-15,17-19,24-26,28-29H,7,9-11,23H2,1-4H3. The molecule has 9 heteroatoms. The van der Waals surface area contributed by atoms with Gasteiger partial charge in [-0.3, -0.25) is 4.79 Å². The minimum atomic E-state index is -1.67. The Labute approximate surface area is 187 Å². The molecule has 1 saturated heterocycles. The Kier molecular flexibility index (Phi) is 6.99. The zero-order valence-electron chi connectivity index (χ0n) is 18.6. The lowest BCUT2D eigenvalue weighted by molar-refractivity contribution is -0.355. The van der Waals surface area contributed by atoms with E-state index in [9.17, 15) is 25.2 Å². The monoisotopic (exact) mass is 456 g/mol. The second kappa shape index (κ2) is 8.78. The van der Waals surface area contributed by atoms with Gasteiger partial charge in [0.1, 0.15) is 5.44 Å². The fourth-order valence-electron chi connectivity index (χ4n) is 5.16. The van der Waals surface area contributed by atoms with Gasteiger partial charge >= 0.3 is 0 Å². The van der Waals surface area contributed by atoms with E-state index < -0.39 is 53.3 Å². The van der Waals surface area contributed by atoms with Crippen molar-refractivity contribution in [2.45, 2.75) is 70.0 Å². The van der Waals surface area contributed by atoms with E-state index in [2.05, 4.69) is 18.8 Å². The van der Waals surface area contributed by atoms with Crippen molar-refractivity contribution >= 4 is 17.5 Å². The van der Waals surface area contributed by atoms with Gasteiger partial charge in [-0.05, 0) is 41.6 Å². The van der Waals surface area contributed by atoms with Crippen LogP contribution in [0.1, 0.15) is 51.0 Å². The van der Waals surface area contributed by atoms with Crippen LogP contribution in [-0.4, -0.2) is 73.0 Å². The predicted molar refractivity (Wildman–Crippen MR) is 118 cm³/mol. The molecule has 0 amide bonds. The average molecular weight is 457 g/mol. The number of aromatic nitrogens is 1. The number of fused-ring (bicyclic) bond motifs is 1. The lowest BCUT2D eigenvalue weighted by atomic mass is 9.69. The zero-order chi connectivity index (χ0) is 23.2. The van der Waals surface area contributed by atoms with Gasteiger partial charge in [0.2, 0.25) is 0 Å². The van der Waals surface area contributed by atoms with Crippen LogP contribution in [0.4, 0.5) is 0 Å². The lowest BCUT2D eigenvalue weighted by Gasteiger charge is -2.49. The van der Waals surface area contributed by atoms with E-state index in [-0.39, 0.29) is 11.2 Å². The van der Waals surface area contributed by atoms with Gasteiger partial charge < -0.3 is 35.9 Å². The van der Waals surface area contributed by atoms with E-state index in [1.54, 1.807) is 18.3 Å². The van der Waals surface area contributed by atoms with Crippen molar-refractivity contribution in [2.24, 2.45) is 28.4 Å². The van der Waals surface area contributed by atoms with E-state index in [1.807, 2.05) is 13.8 Å². The number of ether oxygens (including phenoxy) is 1. The minimum Gasteiger partial charge on any atom is -0.396 e. The Bertz CT molecular complexity index is 770. The quantitative estimate of drug-likeness (QED) is 0.287. The summed E-state index contributed by atoms with van der Waals surface area (Å²) in [6.07, 6.45) is 0.929. The smallest absolute Gasteiger partial charge is 0.196 e. The maximum Gasteiger partial charge on any atom is 0.196 e. The molecule has 31 heavy (non-hydrogen) atoms. The molecule has 0 aromatic carbocycles. The maximum atomic E-state index is 12.7. The SMILES string of the molecule is CC(C)(CCSC1OC2(O)C(CO)C(O)C(O)C12)CC(C)(C)C(N)C(=O)c1ccc[nH]1.